The van der Waals surface area contributed by atoms with Gasteiger partial charge >= 0.3 is 0 Å². The van der Waals surface area contributed by atoms with Crippen LogP contribution >= 0.6 is 34.8 Å². The highest BCUT2D eigenvalue weighted by atomic mass is 35.5. The minimum atomic E-state index is -3.97. The van der Waals surface area contributed by atoms with E-state index in [2.05, 4.69) is 4.72 Å². The fourth-order valence-electron chi connectivity index (χ4n) is 2.89. The second-order valence-corrected chi connectivity index (χ2v) is 9.23. The van der Waals surface area contributed by atoms with Crippen LogP contribution in [0.4, 0.5) is 5.69 Å². The van der Waals surface area contributed by atoms with E-state index in [1.54, 1.807) is 17.9 Å². The number of anilines is 1. The molecular weight excluding hydrogens is 431 g/mol. The number of hydrogen-bond donors (Lipinski definition) is 1. The molecule has 5 nitrogen and oxygen atoms in total. The molecule has 0 unspecified atom stereocenters. The van der Waals surface area contributed by atoms with Crippen LogP contribution in [0.2, 0.25) is 15.1 Å². The Bertz CT molecular complexity index is 1000. The Morgan fingerprint density at radius 1 is 1.00 bits per heavy atom. The first-order valence-electron chi connectivity index (χ1n) is 8.26. The second-order valence-electron chi connectivity index (χ2n) is 6.33. The van der Waals surface area contributed by atoms with E-state index in [1.807, 2.05) is 0 Å². The fraction of sp³-hybridized carbons (Fsp3) is 0.278. The third-order valence-corrected chi connectivity index (χ3v) is 6.80. The highest BCUT2D eigenvalue weighted by Crippen LogP contribution is 2.33. The van der Waals surface area contributed by atoms with Crippen LogP contribution in [0.1, 0.15) is 28.8 Å². The van der Waals surface area contributed by atoms with Crippen molar-refractivity contribution in [3.8, 4) is 0 Å². The van der Waals surface area contributed by atoms with Gasteiger partial charge in [-0.05, 0) is 49.6 Å². The molecule has 1 fully saturated rings. The van der Waals surface area contributed by atoms with Crippen molar-refractivity contribution in [3.63, 3.8) is 0 Å². The fourth-order valence-corrected chi connectivity index (χ4v) is 4.64. The number of aryl methyl sites for hydroxylation is 1. The maximum atomic E-state index is 12.8. The Hall–Kier alpha value is -1.47. The van der Waals surface area contributed by atoms with Crippen molar-refractivity contribution in [2.75, 3.05) is 17.8 Å². The number of rotatable bonds is 4. The van der Waals surface area contributed by atoms with Gasteiger partial charge in [-0.1, -0.05) is 40.9 Å². The Kier molecular flexibility index (Phi) is 5.91. The first-order chi connectivity index (χ1) is 12.7. The first kappa shape index (κ1) is 20.3. The predicted octanol–water partition coefficient (Wildman–Crippen LogP) is 4.99. The topological polar surface area (TPSA) is 66.5 Å². The Morgan fingerprint density at radius 3 is 2.30 bits per heavy atom. The summed E-state index contributed by atoms with van der Waals surface area (Å²) in [6, 6.07) is 7.16. The lowest BCUT2D eigenvalue weighted by Gasteiger charge is -2.18. The van der Waals surface area contributed by atoms with E-state index in [1.165, 1.54) is 24.3 Å². The Balaban J connectivity index is 1.94. The molecule has 1 aliphatic heterocycles. The zero-order valence-electron chi connectivity index (χ0n) is 14.4. The highest BCUT2D eigenvalue weighted by molar-refractivity contribution is 7.92. The van der Waals surface area contributed by atoms with Crippen LogP contribution in [0, 0.1) is 6.92 Å². The molecule has 0 spiro atoms. The van der Waals surface area contributed by atoms with E-state index in [9.17, 15) is 13.2 Å². The molecule has 27 heavy (non-hydrogen) atoms. The lowest BCUT2D eigenvalue weighted by molar-refractivity contribution is 0.0792. The summed E-state index contributed by atoms with van der Waals surface area (Å²) in [7, 11) is -3.97. The van der Waals surface area contributed by atoms with Crippen molar-refractivity contribution >= 4 is 56.4 Å². The molecule has 2 aromatic rings. The Morgan fingerprint density at radius 2 is 1.63 bits per heavy atom. The molecule has 2 aromatic carbocycles. The van der Waals surface area contributed by atoms with E-state index in [0.717, 1.165) is 18.4 Å². The summed E-state index contributed by atoms with van der Waals surface area (Å²) >= 11 is 17.9. The minimum Gasteiger partial charge on any atom is -0.339 e. The number of nitrogens with one attached hydrogen (secondary N) is 1. The lowest BCUT2D eigenvalue weighted by atomic mass is 10.1. The molecule has 3 rings (SSSR count). The number of sulfonamides is 1. The van der Waals surface area contributed by atoms with E-state index < -0.39 is 10.0 Å². The maximum Gasteiger partial charge on any atom is 0.261 e. The van der Waals surface area contributed by atoms with Crippen LogP contribution in [-0.4, -0.2) is 32.3 Å². The van der Waals surface area contributed by atoms with Crippen LogP contribution in [0.25, 0.3) is 0 Å². The van der Waals surface area contributed by atoms with Crippen molar-refractivity contribution in [1.82, 2.24) is 4.90 Å². The standard InChI is InChI=1S/C18H17Cl3N2O3S/c1-11-4-5-12(8-13(11)18(24)23-6-2-3-7-23)27(25,26)22-17-10-15(20)14(19)9-16(17)21/h4-5,8-10,22H,2-3,6-7H2,1H3. The number of hydrogen-bond acceptors (Lipinski definition) is 3. The zero-order chi connectivity index (χ0) is 19.8. The summed E-state index contributed by atoms with van der Waals surface area (Å²) in [5.41, 5.74) is 1.21. The normalized spacial score (nSPS) is 14.4. The third-order valence-electron chi connectivity index (χ3n) is 4.40. The van der Waals surface area contributed by atoms with Gasteiger partial charge in [0, 0.05) is 18.7 Å². The largest absolute Gasteiger partial charge is 0.339 e. The van der Waals surface area contributed by atoms with E-state index >= 15 is 0 Å². The van der Waals surface area contributed by atoms with Crippen LogP contribution in [0.15, 0.2) is 35.2 Å². The summed E-state index contributed by atoms with van der Waals surface area (Å²) < 4.78 is 28.0. The predicted molar refractivity (Wildman–Crippen MR) is 109 cm³/mol. The molecule has 9 heteroatoms. The van der Waals surface area contributed by atoms with Crippen molar-refractivity contribution in [3.05, 3.63) is 56.5 Å². The zero-order valence-corrected chi connectivity index (χ0v) is 17.5. The summed E-state index contributed by atoms with van der Waals surface area (Å²) in [4.78, 5) is 14.4. The van der Waals surface area contributed by atoms with Crippen molar-refractivity contribution in [2.24, 2.45) is 0 Å². The average molecular weight is 448 g/mol. The number of likely N-dealkylation sites (tertiary alicyclic amines) is 1. The minimum absolute atomic E-state index is 0.0298. The summed E-state index contributed by atoms with van der Waals surface area (Å²) in [6.07, 6.45) is 1.92. The van der Waals surface area contributed by atoms with Crippen LogP contribution in [0.3, 0.4) is 0 Å². The highest BCUT2D eigenvalue weighted by Gasteiger charge is 2.24. The molecule has 0 aromatic heterocycles. The van der Waals surface area contributed by atoms with Crippen LogP contribution < -0.4 is 4.72 Å². The lowest BCUT2D eigenvalue weighted by Crippen LogP contribution is -2.28. The molecular formula is C18H17Cl3N2O3S. The Labute approximate surface area is 173 Å². The van der Waals surface area contributed by atoms with Gasteiger partial charge in [-0.15, -0.1) is 0 Å². The van der Waals surface area contributed by atoms with Gasteiger partial charge in [0.05, 0.1) is 25.7 Å². The monoisotopic (exact) mass is 446 g/mol. The third kappa shape index (κ3) is 4.35. The molecule has 0 saturated carbocycles. The molecule has 0 radical (unpaired) electrons. The van der Waals surface area contributed by atoms with Gasteiger partial charge in [-0.25, -0.2) is 8.42 Å². The number of amides is 1. The molecule has 1 saturated heterocycles. The number of carbonyl (C=O) groups is 1. The molecule has 144 valence electrons. The van der Waals surface area contributed by atoms with Crippen LogP contribution in [0.5, 0.6) is 0 Å². The molecule has 0 aliphatic carbocycles. The molecule has 0 atom stereocenters. The SMILES string of the molecule is Cc1ccc(S(=O)(=O)Nc2cc(Cl)c(Cl)cc2Cl)cc1C(=O)N1CCCC1. The van der Waals surface area contributed by atoms with Crippen molar-refractivity contribution in [1.29, 1.82) is 0 Å². The maximum absolute atomic E-state index is 12.8. The first-order valence-corrected chi connectivity index (χ1v) is 10.9. The number of nitrogens with zero attached hydrogens (tertiary/aromatic N) is 1. The quantitative estimate of drug-likeness (QED) is 0.671. The molecule has 1 heterocycles. The van der Waals surface area contributed by atoms with Gasteiger partial charge in [-0.3, -0.25) is 9.52 Å². The van der Waals surface area contributed by atoms with Gasteiger partial charge in [0.1, 0.15) is 0 Å². The summed E-state index contributed by atoms with van der Waals surface area (Å²) in [5, 5.41) is 0.513. The van der Waals surface area contributed by atoms with Crippen LogP contribution in [-0.2, 0) is 10.0 Å². The second kappa shape index (κ2) is 7.87. The van der Waals surface area contributed by atoms with Gasteiger partial charge in [0.15, 0.2) is 0 Å². The summed E-state index contributed by atoms with van der Waals surface area (Å²) in [5.74, 6) is -0.158. The van der Waals surface area contributed by atoms with E-state index in [-0.39, 0.29) is 31.6 Å². The van der Waals surface area contributed by atoms with Gasteiger partial charge in [0.25, 0.3) is 15.9 Å². The molecule has 1 N–H and O–H groups in total. The smallest absolute Gasteiger partial charge is 0.261 e. The van der Waals surface area contributed by atoms with Crippen molar-refractivity contribution < 1.29 is 13.2 Å². The van der Waals surface area contributed by atoms with Gasteiger partial charge in [-0.2, -0.15) is 0 Å². The summed E-state index contributed by atoms with van der Waals surface area (Å²) in [6.45, 7) is 3.15. The van der Waals surface area contributed by atoms with Crippen molar-refractivity contribution in [2.45, 2.75) is 24.7 Å². The molecule has 0 bridgehead atoms. The molecule has 1 amide bonds. The van der Waals surface area contributed by atoms with E-state index in [4.69, 9.17) is 34.8 Å². The van der Waals surface area contributed by atoms with Gasteiger partial charge in [0.2, 0.25) is 0 Å². The average Bonchev–Trinajstić information content (AvgIpc) is 3.13. The number of benzene rings is 2. The molecule has 1 aliphatic rings. The van der Waals surface area contributed by atoms with Gasteiger partial charge < -0.3 is 4.90 Å². The van der Waals surface area contributed by atoms with E-state index in [0.29, 0.717) is 18.7 Å². The number of carbonyl (C=O) groups excluding carboxylic acids is 1. The number of halogens is 3.